The third-order valence-electron chi connectivity index (χ3n) is 3.80. The quantitative estimate of drug-likeness (QED) is 0.612. The van der Waals surface area contributed by atoms with Gasteiger partial charge in [-0.15, -0.1) is 0 Å². The van der Waals surface area contributed by atoms with Gasteiger partial charge in [0.1, 0.15) is 0 Å². The fraction of sp³-hybridized carbons (Fsp3) is 0.235. The summed E-state index contributed by atoms with van der Waals surface area (Å²) in [7, 11) is 0. The molecule has 3 rings (SSSR count). The molecule has 2 aromatic carbocycles. The Balaban J connectivity index is 1.85. The molecule has 1 heterocycles. The number of alkyl halides is 3. The van der Waals surface area contributed by atoms with Crippen molar-refractivity contribution in [1.29, 1.82) is 0 Å². The second kappa shape index (κ2) is 6.54. The van der Waals surface area contributed by atoms with Crippen molar-refractivity contribution in [3.63, 3.8) is 0 Å². The lowest BCUT2D eigenvalue weighted by Crippen LogP contribution is -2.31. The second-order valence-electron chi connectivity index (χ2n) is 5.56. The number of benzene rings is 2. The van der Waals surface area contributed by atoms with E-state index in [0.29, 0.717) is 0 Å². The summed E-state index contributed by atoms with van der Waals surface area (Å²) in [5.41, 5.74) is 0.780. The van der Waals surface area contributed by atoms with E-state index in [1.54, 1.807) is 30.3 Å². The van der Waals surface area contributed by atoms with E-state index in [0.717, 1.165) is 17.7 Å². The minimum atomic E-state index is -4.58. The molecule has 1 aliphatic rings. The van der Waals surface area contributed by atoms with Crippen LogP contribution in [0.2, 0.25) is 0 Å². The Morgan fingerprint density at radius 3 is 2.28 bits per heavy atom. The number of hydrogen-bond acceptors (Lipinski definition) is 4. The van der Waals surface area contributed by atoms with E-state index in [9.17, 15) is 23.3 Å². The van der Waals surface area contributed by atoms with Gasteiger partial charge in [-0.25, -0.2) is 4.99 Å². The van der Waals surface area contributed by atoms with Crippen LogP contribution in [0.1, 0.15) is 17.2 Å². The molecule has 2 atom stereocenters. The molecule has 0 unspecified atom stereocenters. The molecular formula is C17H13F3N2O3. The second-order valence-corrected chi connectivity index (χ2v) is 5.56. The van der Waals surface area contributed by atoms with E-state index >= 15 is 0 Å². The first-order valence-corrected chi connectivity index (χ1v) is 7.43. The maximum absolute atomic E-state index is 13.3. The predicted molar refractivity (Wildman–Crippen MR) is 84.3 cm³/mol. The maximum Gasteiger partial charge on any atom is 0.414 e. The van der Waals surface area contributed by atoms with Crippen LogP contribution in [0, 0.1) is 10.1 Å². The summed E-state index contributed by atoms with van der Waals surface area (Å²) >= 11 is 0. The minimum absolute atomic E-state index is 0.00289. The van der Waals surface area contributed by atoms with E-state index in [2.05, 4.69) is 4.99 Å². The number of nitrogens with zero attached hydrogens (tertiary/aromatic N) is 2. The van der Waals surface area contributed by atoms with Gasteiger partial charge in [0, 0.05) is 18.6 Å². The number of aliphatic imine (C=N–C) groups is 1. The van der Waals surface area contributed by atoms with Crippen molar-refractivity contribution < 1.29 is 22.8 Å². The maximum atomic E-state index is 13.3. The predicted octanol–water partition coefficient (Wildman–Crippen LogP) is 4.24. The summed E-state index contributed by atoms with van der Waals surface area (Å²) in [6.45, 7) is 0. The van der Waals surface area contributed by atoms with Gasteiger partial charge in [-0.2, -0.15) is 13.2 Å². The lowest BCUT2D eigenvalue weighted by molar-refractivity contribution is -0.384. The van der Waals surface area contributed by atoms with Crippen LogP contribution >= 0.6 is 0 Å². The fourth-order valence-corrected chi connectivity index (χ4v) is 2.60. The summed E-state index contributed by atoms with van der Waals surface area (Å²) < 4.78 is 45.4. The van der Waals surface area contributed by atoms with Crippen LogP contribution in [-0.2, 0) is 11.2 Å². The Morgan fingerprint density at radius 2 is 1.72 bits per heavy atom. The Bertz CT molecular complexity index is 789. The molecule has 5 nitrogen and oxygen atoms in total. The van der Waals surface area contributed by atoms with Crippen LogP contribution in [-0.4, -0.2) is 23.0 Å². The van der Waals surface area contributed by atoms with Gasteiger partial charge in [0.15, 0.2) is 18.0 Å². The molecule has 0 saturated heterocycles. The summed E-state index contributed by atoms with van der Waals surface area (Å²) in [4.78, 5) is 13.8. The monoisotopic (exact) mass is 350 g/mol. The fourth-order valence-electron chi connectivity index (χ4n) is 2.60. The molecule has 0 spiro atoms. The molecule has 1 aliphatic heterocycles. The van der Waals surface area contributed by atoms with Crippen molar-refractivity contribution in [3.05, 3.63) is 75.8 Å². The number of rotatable bonds is 4. The summed E-state index contributed by atoms with van der Waals surface area (Å²) in [6, 6.07) is 11.7. The molecular weight excluding hydrogens is 337 g/mol. The van der Waals surface area contributed by atoms with Gasteiger partial charge in [0.25, 0.3) is 5.69 Å². The zero-order valence-electron chi connectivity index (χ0n) is 12.8. The molecule has 130 valence electrons. The highest BCUT2D eigenvalue weighted by Crippen LogP contribution is 2.39. The highest BCUT2D eigenvalue weighted by Gasteiger charge is 2.50. The number of nitro benzene ring substituents is 1. The van der Waals surface area contributed by atoms with Gasteiger partial charge in [0.05, 0.1) is 4.92 Å². The Labute approximate surface area is 140 Å². The van der Waals surface area contributed by atoms with Crippen molar-refractivity contribution in [2.45, 2.75) is 24.7 Å². The van der Waals surface area contributed by atoms with Crippen molar-refractivity contribution >= 4 is 11.6 Å². The van der Waals surface area contributed by atoms with Crippen molar-refractivity contribution in [3.8, 4) is 0 Å². The molecule has 0 fully saturated rings. The first-order chi connectivity index (χ1) is 11.8. The Hall–Kier alpha value is -2.90. The standard InChI is InChI=1S/C17H13F3N2O3/c18-17(19,20)16-15(12-6-8-13(9-7-12)22(23)24)25-14(21-16)10-11-4-2-1-3-5-11/h1-9,15-16H,10H2/t15-,16+/m1/s1. The average molecular weight is 350 g/mol. The number of non-ortho nitro benzene ring substituents is 1. The molecule has 0 aromatic heterocycles. The zero-order chi connectivity index (χ0) is 18.0. The van der Waals surface area contributed by atoms with Gasteiger partial charge >= 0.3 is 6.18 Å². The molecule has 25 heavy (non-hydrogen) atoms. The van der Waals surface area contributed by atoms with Crippen molar-refractivity contribution in [1.82, 2.24) is 0 Å². The van der Waals surface area contributed by atoms with Crippen molar-refractivity contribution in [2.24, 2.45) is 4.99 Å². The summed E-state index contributed by atoms with van der Waals surface area (Å²) in [5, 5.41) is 10.7. The number of nitro groups is 1. The van der Waals surface area contributed by atoms with E-state index in [4.69, 9.17) is 4.74 Å². The first-order valence-electron chi connectivity index (χ1n) is 7.43. The van der Waals surface area contributed by atoms with E-state index < -0.39 is 23.2 Å². The van der Waals surface area contributed by atoms with Crippen LogP contribution in [0.4, 0.5) is 18.9 Å². The highest BCUT2D eigenvalue weighted by molar-refractivity contribution is 5.80. The Kier molecular flexibility index (Phi) is 4.43. The first kappa shape index (κ1) is 16.9. The smallest absolute Gasteiger partial charge is 0.414 e. The average Bonchev–Trinajstić information content (AvgIpc) is 3.00. The molecule has 0 amide bonds. The van der Waals surface area contributed by atoms with Gasteiger partial charge in [0.2, 0.25) is 0 Å². The lowest BCUT2D eigenvalue weighted by Gasteiger charge is -2.20. The van der Waals surface area contributed by atoms with Gasteiger partial charge in [-0.3, -0.25) is 10.1 Å². The lowest BCUT2D eigenvalue weighted by atomic mass is 10.0. The number of ether oxygens (including phenoxy) is 1. The topological polar surface area (TPSA) is 64.7 Å². The Morgan fingerprint density at radius 1 is 1.08 bits per heavy atom. The van der Waals surface area contributed by atoms with Crippen LogP contribution in [0.5, 0.6) is 0 Å². The molecule has 0 aliphatic carbocycles. The van der Waals surface area contributed by atoms with Gasteiger partial charge in [-0.05, 0) is 23.3 Å². The minimum Gasteiger partial charge on any atom is -0.470 e. The summed E-state index contributed by atoms with van der Waals surface area (Å²) in [5.74, 6) is -0.00289. The molecule has 0 N–H and O–H groups in total. The van der Waals surface area contributed by atoms with Crippen LogP contribution in [0.25, 0.3) is 0 Å². The largest absolute Gasteiger partial charge is 0.470 e. The number of hydrogen-bond donors (Lipinski definition) is 0. The number of halogens is 3. The highest BCUT2D eigenvalue weighted by atomic mass is 19.4. The summed E-state index contributed by atoms with van der Waals surface area (Å²) in [6.07, 6.45) is -5.78. The van der Waals surface area contributed by atoms with E-state index in [1.165, 1.54) is 12.1 Å². The van der Waals surface area contributed by atoms with E-state index in [1.807, 2.05) is 0 Å². The molecule has 0 saturated carbocycles. The third-order valence-corrected chi connectivity index (χ3v) is 3.80. The zero-order valence-corrected chi connectivity index (χ0v) is 12.8. The van der Waals surface area contributed by atoms with Crippen LogP contribution in [0.15, 0.2) is 59.6 Å². The third kappa shape index (κ3) is 3.78. The van der Waals surface area contributed by atoms with Gasteiger partial charge < -0.3 is 4.74 Å². The van der Waals surface area contributed by atoms with E-state index in [-0.39, 0.29) is 23.6 Å². The molecule has 8 heteroatoms. The molecule has 0 bridgehead atoms. The van der Waals surface area contributed by atoms with Crippen LogP contribution < -0.4 is 0 Å². The van der Waals surface area contributed by atoms with Crippen molar-refractivity contribution in [2.75, 3.05) is 0 Å². The van der Waals surface area contributed by atoms with Crippen LogP contribution in [0.3, 0.4) is 0 Å². The normalized spacial score (nSPS) is 20.0. The SMILES string of the molecule is O=[N+]([O-])c1ccc([C@H]2OC(Cc3ccccc3)=N[C@@H]2C(F)(F)F)cc1. The molecule has 2 aromatic rings. The van der Waals surface area contributed by atoms with Gasteiger partial charge in [-0.1, -0.05) is 30.3 Å². The molecule has 0 radical (unpaired) electrons.